The second kappa shape index (κ2) is 9.46. The highest BCUT2D eigenvalue weighted by molar-refractivity contribution is 5.16. The molecule has 0 spiro atoms. The van der Waals surface area contributed by atoms with Crippen molar-refractivity contribution in [1.82, 2.24) is 9.80 Å². The molecule has 0 aliphatic heterocycles. The molecule has 2 heteroatoms. The standard InChI is InChI=1S/C12H22N2.C2H6/c1-4-13(2)10-11-14(3)12-8-6-5-7-9-12;1-2/h5-6,8H,4,7,9-11H2,1-3H3;1-2H3. The number of nitrogens with zero attached hydrogens (tertiary/aromatic N) is 2. The summed E-state index contributed by atoms with van der Waals surface area (Å²) in [4.78, 5) is 4.71. The van der Waals surface area contributed by atoms with Crippen LogP contribution in [0.2, 0.25) is 0 Å². The monoisotopic (exact) mass is 224 g/mol. The van der Waals surface area contributed by atoms with Gasteiger partial charge in [0.15, 0.2) is 0 Å². The summed E-state index contributed by atoms with van der Waals surface area (Å²) in [5, 5.41) is 0. The summed E-state index contributed by atoms with van der Waals surface area (Å²) < 4.78 is 0. The van der Waals surface area contributed by atoms with Crippen molar-refractivity contribution in [2.24, 2.45) is 0 Å². The minimum atomic E-state index is 1.13. The highest BCUT2D eigenvalue weighted by Crippen LogP contribution is 2.14. The summed E-state index contributed by atoms with van der Waals surface area (Å²) in [6.45, 7) is 9.60. The highest BCUT2D eigenvalue weighted by atomic mass is 15.2. The summed E-state index contributed by atoms with van der Waals surface area (Å²) in [6.07, 6.45) is 9.02. The molecule has 0 aromatic rings. The van der Waals surface area contributed by atoms with Crippen molar-refractivity contribution in [2.45, 2.75) is 33.6 Å². The Morgan fingerprint density at radius 1 is 1.19 bits per heavy atom. The molecule has 0 atom stereocenters. The average Bonchev–Trinajstić information content (AvgIpc) is 2.38. The van der Waals surface area contributed by atoms with E-state index in [1.54, 1.807) is 0 Å². The van der Waals surface area contributed by atoms with Gasteiger partial charge < -0.3 is 9.80 Å². The molecule has 1 rings (SSSR count). The fourth-order valence-electron chi connectivity index (χ4n) is 1.53. The Morgan fingerprint density at radius 2 is 1.88 bits per heavy atom. The van der Waals surface area contributed by atoms with Crippen LogP contribution in [0, 0.1) is 0 Å². The van der Waals surface area contributed by atoms with E-state index in [9.17, 15) is 0 Å². The maximum Gasteiger partial charge on any atom is 0.0299 e. The fraction of sp³-hybridized carbons (Fsp3) is 0.714. The normalized spacial score (nSPS) is 14.2. The van der Waals surface area contributed by atoms with Crippen molar-refractivity contribution in [3.63, 3.8) is 0 Å². The molecule has 0 aromatic heterocycles. The second-order valence-electron chi connectivity index (χ2n) is 3.94. The van der Waals surface area contributed by atoms with E-state index < -0.39 is 0 Å². The smallest absolute Gasteiger partial charge is 0.0299 e. The van der Waals surface area contributed by atoms with Crippen LogP contribution in [0.25, 0.3) is 0 Å². The Bertz CT molecular complexity index is 219. The summed E-state index contributed by atoms with van der Waals surface area (Å²) in [5.41, 5.74) is 1.47. The predicted octanol–water partition coefficient (Wildman–Crippen LogP) is 3.13. The van der Waals surface area contributed by atoms with Gasteiger partial charge in [-0.1, -0.05) is 32.9 Å². The average molecular weight is 224 g/mol. The molecule has 1 aliphatic rings. The lowest BCUT2D eigenvalue weighted by Crippen LogP contribution is -2.30. The Balaban J connectivity index is 0.00000106. The number of hydrogen-bond donors (Lipinski definition) is 0. The van der Waals surface area contributed by atoms with Gasteiger partial charge in [0.1, 0.15) is 0 Å². The molecule has 94 valence electrons. The lowest BCUT2D eigenvalue weighted by Gasteiger charge is -2.26. The minimum absolute atomic E-state index is 1.13. The van der Waals surface area contributed by atoms with E-state index >= 15 is 0 Å². The summed E-state index contributed by atoms with van der Waals surface area (Å²) in [7, 11) is 4.36. The van der Waals surface area contributed by atoms with Crippen LogP contribution in [-0.2, 0) is 0 Å². The van der Waals surface area contributed by atoms with Crippen LogP contribution in [-0.4, -0.2) is 43.5 Å². The Kier molecular flexibility index (Phi) is 9.02. The van der Waals surface area contributed by atoms with Crippen molar-refractivity contribution >= 4 is 0 Å². The Labute approximate surface area is 102 Å². The summed E-state index contributed by atoms with van der Waals surface area (Å²) in [5.74, 6) is 0. The van der Waals surface area contributed by atoms with E-state index in [0.717, 1.165) is 19.6 Å². The molecule has 0 saturated carbocycles. The largest absolute Gasteiger partial charge is 0.377 e. The fourth-order valence-corrected chi connectivity index (χ4v) is 1.53. The topological polar surface area (TPSA) is 6.48 Å². The first-order chi connectivity index (χ1) is 7.74. The zero-order chi connectivity index (χ0) is 12.4. The quantitative estimate of drug-likeness (QED) is 0.708. The van der Waals surface area contributed by atoms with Gasteiger partial charge in [0, 0.05) is 25.8 Å². The first kappa shape index (κ1) is 15.2. The number of hydrogen-bond acceptors (Lipinski definition) is 2. The van der Waals surface area contributed by atoms with Gasteiger partial charge in [-0.15, -0.1) is 0 Å². The third-order valence-corrected chi connectivity index (χ3v) is 2.84. The van der Waals surface area contributed by atoms with Crippen LogP contribution < -0.4 is 0 Å². The molecule has 1 aliphatic carbocycles. The van der Waals surface area contributed by atoms with Crippen molar-refractivity contribution in [2.75, 3.05) is 33.7 Å². The van der Waals surface area contributed by atoms with E-state index in [0.29, 0.717) is 0 Å². The zero-order valence-corrected chi connectivity index (χ0v) is 11.7. The number of likely N-dealkylation sites (N-methyl/N-ethyl adjacent to an activating group) is 2. The molecule has 0 bridgehead atoms. The first-order valence-corrected chi connectivity index (χ1v) is 6.49. The maximum atomic E-state index is 2.37. The summed E-state index contributed by atoms with van der Waals surface area (Å²) >= 11 is 0. The third-order valence-electron chi connectivity index (χ3n) is 2.84. The SMILES string of the molecule is CC.CCN(C)CCN(C)C1=CC=CCC1. The van der Waals surface area contributed by atoms with E-state index in [2.05, 4.69) is 49.0 Å². The molecule has 16 heavy (non-hydrogen) atoms. The maximum absolute atomic E-state index is 2.37. The van der Waals surface area contributed by atoms with Gasteiger partial charge in [-0.25, -0.2) is 0 Å². The van der Waals surface area contributed by atoms with Crippen LogP contribution in [0.4, 0.5) is 0 Å². The van der Waals surface area contributed by atoms with E-state index in [-0.39, 0.29) is 0 Å². The molecule has 0 N–H and O–H groups in total. The van der Waals surface area contributed by atoms with E-state index in [1.165, 1.54) is 18.5 Å². The Morgan fingerprint density at radius 3 is 2.38 bits per heavy atom. The summed E-state index contributed by atoms with van der Waals surface area (Å²) in [6, 6.07) is 0. The zero-order valence-electron chi connectivity index (χ0n) is 11.7. The van der Waals surface area contributed by atoms with Crippen LogP contribution in [0.3, 0.4) is 0 Å². The van der Waals surface area contributed by atoms with Gasteiger partial charge in [-0.2, -0.15) is 0 Å². The lowest BCUT2D eigenvalue weighted by atomic mass is 10.1. The first-order valence-electron chi connectivity index (χ1n) is 6.49. The van der Waals surface area contributed by atoms with E-state index in [4.69, 9.17) is 0 Å². The van der Waals surface area contributed by atoms with Crippen molar-refractivity contribution in [3.8, 4) is 0 Å². The van der Waals surface area contributed by atoms with Crippen LogP contribution in [0.5, 0.6) is 0 Å². The molecule has 0 radical (unpaired) electrons. The highest BCUT2D eigenvalue weighted by Gasteiger charge is 2.05. The predicted molar refractivity (Wildman–Crippen MR) is 73.6 cm³/mol. The molecule has 0 saturated heterocycles. The third kappa shape index (κ3) is 5.96. The van der Waals surface area contributed by atoms with Gasteiger partial charge in [0.2, 0.25) is 0 Å². The molecule has 0 aromatic carbocycles. The van der Waals surface area contributed by atoms with Crippen molar-refractivity contribution < 1.29 is 0 Å². The molecule has 0 heterocycles. The van der Waals surface area contributed by atoms with Crippen molar-refractivity contribution in [3.05, 3.63) is 23.9 Å². The second-order valence-corrected chi connectivity index (χ2v) is 3.94. The van der Waals surface area contributed by atoms with E-state index in [1.807, 2.05) is 13.8 Å². The van der Waals surface area contributed by atoms with Crippen LogP contribution >= 0.6 is 0 Å². The molecular formula is C14H28N2. The lowest BCUT2D eigenvalue weighted by molar-refractivity contribution is 0.292. The number of allylic oxidation sites excluding steroid dienone is 4. The van der Waals surface area contributed by atoms with Gasteiger partial charge in [0.25, 0.3) is 0 Å². The molecule has 0 fully saturated rings. The molecule has 2 nitrogen and oxygen atoms in total. The van der Waals surface area contributed by atoms with Crippen LogP contribution in [0.1, 0.15) is 33.6 Å². The Hall–Kier alpha value is -0.760. The minimum Gasteiger partial charge on any atom is -0.377 e. The van der Waals surface area contributed by atoms with Crippen LogP contribution in [0.15, 0.2) is 23.9 Å². The van der Waals surface area contributed by atoms with Gasteiger partial charge in [0.05, 0.1) is 0 Å². The van der Waals surface area contributed by atoms with Gasteiger partial charge in [-0.3, -0.25) is 0 Å². The molecule has 0 unspecified atom stereocenters. The molecular weight excluding hydrogens is 196 g/mol. The molecule has 0 amide bonds. The van der Waals surface area contributed by atoms with Gasteiger partial charge >= 0.3 is 0 Å². The van der Waals surface area contributed by atoms with Gasteiger partial charge in [-0.05, 0) is 32.5 Å². The van der Waals surface area contributed by atoms with Crippen molar-refractivity contribution in [1.29, 1.82) is 0 Å². The number of rotatable bonds is 5.